The quantitative estimate of drug-likeness (QED) is 0.278. The van der Waals surface area contributed by atoms with Gasteiger partial charge in [-0.2, -0.15) is 0 Å². The lowest BCUT2D eigenvalue weighted by molar-refractivity contribution is -0.114. The van der Waals surface area contributed by atoms with Crippen LogP contribution in [0.5, 0.6) is 11.5 Å². The van der Waals surface area contributed by atoms with E-state index in [0.717, 1.165) is 16.6 Å². The molecule has 0 unspecified atom stereocenters. The largest absolute Gasteiger partial charge is 0.457 e. The molecule has 41 heavy (non-hydrogen) atoms. The van der Waals surface area contributed by atoms with Crippen molar-refractivity contribution in [2.45, 2.75) is 13.3 Å². The van der Waals surface area contributed by atoms with E-state index in [1.54, 1.807) is 42.5 Å². The van der Waals surface area contributed by atoms with Gasteiger partial charge in [-0.25, -0.2) is 24.3 Å². The molecule has 1 amide bonds. The smallest absolute Gasteiger partial charge is 0.255 e. The molecular weight excluding hydrogens is 523 g/mol. The Morgan fingerprint density at radius 2 is 1.95 bits per heavy atom. The zero-order valence-corrected chi connectivity index (χ0v) is 23.2. The summed E-state index contributed by atoms with van der Waals surface area (Å²) in [5.74, 6) is 1.34. The van der Waals surface area contributed by atoms with Crippen molar-refractivity contribution in [2.75, 3.05) is 37.4 Å². The molecule has 208 valence electrons. The Balaban J connectivity index is 1.26. The summed E-state index contributed by atoms with van der Waals surface area (Å²) in [6.07, 6.45) is 7.33. The van der Waals surface area contributed by atoms with Gasteiger partial charge >= 0.3 is 0 Å². The Hall–Kier alpha value is -4.90. The van der Waals surface area contributed by atoms with Crippen LogP contribution in [-0.4, -0.2) is 62.5 Å². The molecule has 6 rings (SSSR count). The molecule has 1 aliphatic heterocycles. The zero-order valence-electron chi connectivity index (χ0n) is 23.2. The first kappa shape index (κ1) is 26.3. The van der Waals surface area contributed by atoms with Crippen molar-refractivity contribution in [3.8, 4) is 11.5 Å². The predicted molar refractivity (Wildman–Crippen MR) is 156 cm³/mol. The van der Waals surface area contributed by atoms with Gasteiger partial charge in [-0.1, -0.05) is 6.08 Å². The molecule has 11 heteroatoms. The van der Waals surface area contributed by atoms with E-state index in [1.165, 1.54) is 6.33 Å². The average Bonchev–Trinajstić information content (AvgIpc) is 3.53. The molecule has 0 atom stereocenters. The van der Waals surface area contributed by atoms with Crippen molar-refractivity contribution in [2.24, 2.45) is 7.05 Å². The van der Waals surface area contributed by atoms with Gasteiger partial charge in [0.15, 0.2) is 5.82 Å². The van der Waals surface area contributed by atoms with Gasteiger partial charge in [0.2, 0.25) is 0 Å². The maximum Gasteiger partial charge on any atom is 0.255 e. The standard InChI is InChI=1S/C30H29FN8O2/c1-18-26(41-20-5-7-25-23(13-20)35-17-38(25)4)8-6-22(28(18)31)36-29-21-14-27(32-15-24(21)33-16-34-29)39-12-10-19(30(39)40)9-11-37(2)3/h5-9,13-17H,10-12H2,1-4H3,(H,33,34,36)/b19-9+. The van der Waals surface area contributed by atoms with E-state index in [0.29, 0.717) is 59.1 Å². The summed E-state index contributed by atoms with van der Waals surface area (Å²) in [5, 5.41) is 3.72. The minimum absolute atomic E-state index is 0.0653. The Morgan fingerprint density at radius 3 is 2.78 bits per heavy atom. The van der Waals surface area contributed by atoms with Crippen LogP contribution in [0.2, 0.25) is 0 Å². The van der Waals surface area contributed by atoms with Crippen molar-refractivity contribution in [1.29, 1.82) is 0 Å². The number of likely N-dealkylation sites (N-methyl/N-ethyl adjacent to an activating group) is 1. The number of aromatic nitrogens is 5. The highest BCUT2D eigenvalue weighted by atomic mass is 19.1. The fourth-order valence-electron chi connectivity index (χ4n) is 4.82. The number of pyridine rings is 1. The zero-order chi connectivity index (χ0) is 28.7. The molecule has 0 radical (unpaired) electrons. The first-order valence-electron chi connectivity index (χ1n) is 13.2. The highest BCUT2D eigenvalue weighted by molar-refractivity contribution is 6.08. The Morgan fingerprint density at radius 1 is 1.10 bits per heavy atom. The van der Waals surface area contributed by atoms with Gasteiger partial charge in [0.05, 0.1) is 34.8 Å². The number of imidazole rings is 1. The van der Waals surface area contributed by atoms with Crippen LogP contribution in [0.15, 0.2) is 66.9 Å². The van der Waals surface area contributed by atoms with Crippen molar-refractivity contribution < 1.29 is 13.9 Å². The summed E-state index contributed by atoms with van der Waals surface area (Å²) < 4.78 is 23.5. The van der Waals surface area contributed by atoms with E-state index in [9.17, 15) is 4.79 Å². The van der Waals surface area contributed by atoms with Crippen molar-refractivity contribution in [1.82, 2.24) is 29.4 Å². The van der Waals surface area contributed by atoms with Gasteiger partial charge in [0.25, 0.3) is 5.91 Å². The fourth-order valence-corrected chi connectivity index (χ4v) is 4.82. The molecule has 1 saturated heterocycles. The van der Waals surface area contributed by atoms with Crippen LogP contribution in [-0.2, 0) is 11.8 Å². The molecule has 1 N–H and O–H groups in total. The average molecular weight is 553 g/mol. The van der Waals surface area contributed by atoms with Crippen LogP contribution in [0, 0.1) is 12.7 Å². The van der Waals surface area contributed by atoms with Crippen LogP contribution in [0.4, 0.5) is 21.7 Å². The van der Waals surface area contributed by atoms with Crippen LogP contribution in [0.25, 0.3) is 21.9 Å². The van der Waals surface area contributed by atoms with Gasteiger partial charge in [0.1, 0.15) is 29.5 Å². The number of rotatable bonds is 7. The molecule has 4 heterocycles. The Labute approximate surface area is 236 Å². The number of ether oxygens (including phenoxy) is 1. The number of nitrogens with one attached hydrogen (secondary N) is 1. The second kappa shape index (κ2) is 10.6. The highest BCUT2D eigenvalue weighted by Crippen LogP contribution is 2.34. The third-order valence-electron chi connectivity index (χ3n) is 7.13. The number of carbonyl (C=O) groups excluding carboxylic acids is 1. The van der Waals surface area contributed by atoms with Crippen LogP contribution >= 0.6 is 0 Å². The molecule has 10 nitrogen and oxygen atoms in total. The molecular formula is C30H29FN8O2. The number of nitrogens with zero attached hydrogens (tertiary/aromatic N) is 7. The number of benzene rings is 2. The van der Waals surface area contributed by atoms with Crippen LogP contribution < -0.4 is 15.0 Å². The summed E-state index contributed by atoms with van der Waals surface area (Å²) in [4.78, 5) is 34.2. The number of hydrogen-bond donors (Lipinski definition) is 1. The number of fused-ring (bicyclic) bond motifs is 2. The first-order valence-corrected chi connectivity index (χ1v) is 13.2. The van der Waals surface area contributed by atoms with Crippen molar-refractivity contribution >= 4 is 45.2 Å². The van der Waals surface area contributed by atoms with E-state index >= 15 is 4.39 Å². The Kier molecular flexibility index (Phi) is 6.80. The molecule has 3 aromatic heterocycles. The Bertz CT molecular complexity index is 1830. The van der Waals surface area contributed by atoms with Gasteiger partial charge in [-0.05, 0) is 57.8 Å². The van der Waals surface area contributed by atoms with Crippen molar-refractivity contribution in [3.05, 3.63) is 78.3 Å². The number of amides is 1. The monoisotopic (exact) mass is 552 g/mol. The number of aryl methyl sites for hydroxylation is 1. The van der Waals surface area contributed by atoms with E-state index in [2.05, 4.69) is 25.3 Å². The van der Waals surface area contributed by atoms with E-state index in [-0.39, 0.29) is 11.6 Å². The fraction of sp³-hybridized carbons (Fsp3) is 0.233. The lowest BCUT2D eigenvalue weighted by atomic mass is 10.1. The minimum Gasteiger partial charge on any atom is -0.457 e. The molecule has 0 spiro atoms. The molecule has 5 aromatic rings. The third kappa shape index (κ3) is 5.07. The number of hydrogen-bond acceptors (Lipinski definition) is 8. The molecule has 0 aliphatic carbocycles. The van der Waals surface area contributed by atoms with Crippen LogP contribution in [0.1, 0.15) is 12.0 Å². The van der Waals surface area contributed by atoms with Crippen molar-refractivity contribution in [3.63, 3.8) is 0 Å². The van der Waals surface area contributed by atoms with Gasteiger partial charge in [0, 0.05) is 42.7 Å². The maximum absolute atomic E-state index is 15.6. The molecule has 0 bridgehead atoms. The van der Waals surface area contributed by atoms with Gasteiger partial charge < -0.3 is 19.5 Å². The third-order valence-corrected chi connectivity index (χ3v) is 7.13. The minimum atomic E-state index is -0.465. The second-order valence-corrected chi connectivity index (χ2v) is 10.3. The number of carbonyl (C=O) groups is 1. The summed E-state index contributed by atoms with van der Waals surface area (Å²) in [7, 11) is 5.84. The van der Waals surface area contributed by atoms with E-state index in [4.69, 9.17) is 4.74 Å². The predicted octanol–water partition coefficient (Wildman–Crippen LogP) is 5.12. The number of anilines is 3. The van der Waals surface area contributed by atoms with Crippen LogP contribution in [0.3, 0.4) is 0 Å². The lowest BCUT2D eigenvalue weighted by Crippen LogP contribution is -2.25. The lowest BCUT2D eigenvalue weighted by Gasteiger charge is -2.16. The summed E-state index contributed by atoms with van der Waals surface area (Å²) >= 11 is 0. The molecule has 1 aliphatic rings. The maximum atomic E-state index is 15.6. The van der Waals surface area contributed by atoms with E-state index < -0.39 is 5.82 Å². The summed E-state index contributed by atoms with van der Waals surface area (Å²) in [6.45, 7) is 2.89. The normalized spacial score (nSPS) is 14.6. The SMILES string of the molecule is Cc1c(Oc2ccc3c(c2)ncn3C)ccc(Nc2ncnc3cnc(N4CC/C(=C\CN(C)C)C4=O)cc23)c1F. The molecule has 0 saturated carbocycles. The van der Waals surface area contributed by atoms with Gasteiger partial charge in [-0.3, -0.25) is 9.69 Å². The summed E-state index contributed by atoms with van der Waals surface area (Å²) in [6, 6.07) is 10.7. The topological polar surface area (TPSA) is 101 Å². The summed E-state index contributed by atoms with van der Waals surface area (Å²) in [5.41, 5.74) is 3.69. The van der Waals surface area contributed by atoms with E-state index in [1.807, 2.05) is 54.9 Å². The molecule has 1 fully saturated rings. The second-order valence-electron chi connectivity index (χ2n) is 10.3. The highest BCUT2D eigenvalue weighted by Gasteiger charge is 2.28. The molecule has 2 aromatic carbocycles. The number of halogens is 1. The van der Waals surface area contributed by atoms with Gasteiger partial charge in [-0.15, -0.1) is 0 Å². The first-order chi connectivity index (χ1) is 19.8.